The molecule has 0 aromatic heterocycles. The van der Waals surface area contributed by atoms with Gasteiger partial charge in [-0.1, -0.05) is 6.08 Å². The molecule has 3 heteroatoms. The van der Waals surface area contributed by atoms with Gasteiger partial charge in [-0.3, -0.25) is 4.79 Å². The first-order valence-corrected chi connectivity index (χ1v) is 3.66. The van der Waals surface area contributed by atoms with Gasteiger partial charge in [0.15, 0.2) is 6.23 Å². The molecule has 0 aliphatic heterocycles. The molecule has 0 aliphatic carbocycles. The second kappa shape index (κ2) is 5.92. The van der Waals surface area contributed by atoms with Gasteiger partial charge < -0.3 is 9.64 Å². The molecule has 1 amide bonds. The van der Waals surface area contributed by atoms with Crippen LogP contribution in [-0.2, 0) is 9.53 Å². The van der Waals surface area contributed by atoms with Crippen LogP contribution in [0.2, 0.25) is 0 Å². The number of ether oxygens (including phenoxy) is 1. The molecule has 0 heterocycles. The fourth-order valence-corrected chi connectivity index (χ4v) is 0.804. The second-order valence-corrected chi connectivity index (χ2v) is 2.09. The predicted molar refractivity (Wildman–Crippen MR) is 44.1 cm³/mol. The Morgan fingerprint density at radius 3 is 2.55 bits per heavy atom. The van der Waals surface area contributed by atoms with Gasteiger partial charge >= 0.3 is 0 Å². The third-order valence-corrected chi connectivity index (χ3v) is 1.43. The van der Waals surface area contributed by atoms with Crippen molar-refractivity contribution < 1.29 is 9.53 Å². The molecule has 3 nitrogen and oxygen atoms in total. The minimum atomic E-state index is -0.220. The molecule has 0 saturated heterocycles. The van der Waals surface area contributed by atoms with Crippen molar-refractivity contribution in [1.29, 1.82) is 0 Å². The molecule has 0 aromatic rings. The van der Waals surface area contributed by atoms with Crippen LogP contribution in [0.25, 0.3) is 0 Å². The summed E-state index contributed by atoms with van der Waals surface area (Å²) >= 11 is 0. The summed E-state index contributed by atoms with van der Waals surface area (Å²) in [6, 6.07) is 0. The van der Waals surface area contributed by atoms with E-state index in [4.69, 9.17) is 4.74 Å². The van der Waals surface area contributed by atoms with E-state index in [1.54, 1.807) is 12.0 Å². The van der Waals surface area contributed by atoms with Gasteiger partial charge in [0.1, 0.15) is 0 Å². The number of allylic oxidation sites excluding steroid dienone is 1. The number of hydrogen-bond donors (Lipinski definition) is 0. The number of rotatable bonds is 5. The van der Waals surface area contributed by atoms with Gasteiger partial charge in [0.25, 0.3) is 0 Å². The van der Waals surface area contributed by atoms with E-state index in [2.05, 4.69) is 0 Å². The Kier molecular flexibility index (Phi) is 5.47. The number of carbonyl (C=O) groups is 1. The molecule has 0 spiro atoms. The third kappa shape index (κ3) is 3.18. The van der Waals surface area contributed by atoms with Crippen LogP contribution in [0.3, 0.4) is 0 Å². The van der Waals surface area contributed by atoms with Crippen LogP contribution in [0.15, 0.2) is 12.2 Å². The fourth-order valence-electron chi connectivity index (χ4n) is 0.804. The molecule has 0 saturated carbocycles. The number of methoxy groups -OCH3 is 1. The topological polar surface area (TPSA) is 29.5 Å². The van der Waals surface area contributed by atoms with Gasteiger partial charge in [0.05, 0.1) is 0 Å². The Bertz CT molecular complexity index is 134. The molecule has 0 fully saturated rings. The van der Waals surface area contributed by atoms with Gasteiger partial charge in [-0.2, -0.15) is 0 Å². The van der Waals surface area contributed by atoms with Gasteiger partial charge in [0.2, 0.25) is 6.41 Å². The average Bonchev–Trinajstić information content (AvgIpc) is 2.05. The van der Waals surface area contributed by atoms with E-state index in [-0.39, 0.29) is 6.23 Å². The third-order valence-electron chi connectivity index (χ3n) is 1.43. The van der Waals surface area contributed by atoms with E-state index in [9.17, 15) is 4.79 Å². The Hall–Kier alpha value is -0.830. The first-order chi connectivity index (χ1) is 5.29. The smallest absolute Gasteiger partial charge is 0.211 e. The molecule has 0 aromatic carbocycles. The fraction of sp³-hybridized carbons (Fsp3) is 0.625. The molecule has 1 unspecified atom stereocenters. The molecule has 64 valence electrons. The van der Waals surface area contributed by atoms with E-state index in [0.29, 0.717) is 6.54 Å². The van der Waals surface area contributed by atoms with Crippen LogP contribution in [0.4, 0.5) is 0 Å². The van der Waals surface area contributed by atoms with Crippen molar-refractivity contribution in [2.45, 2.75) is 20.1 Å². The van der Waals surface area contributed by atoms with Crippen molar-refractivity contribution in [2.75, 3.05) is 13.7 Å². The zero-order chi connectivity index (χ0) is 8.69. The number of carbonyl (C=O) groups excluding carboxylic acids is 1. The monoisotopic (exact) mass is 157 g/mol. The van der Waals surface area contributed by atoms with Crippen LogP contribution in [0.1, 0.15) is 13.8 Å². The van der Waals surface area contributed by atoms with Gasteiger partial charge in [-0.25, -0.2) is 0 Å². The average molecular weight is 157 g/mol. The highest BCUT2D eigenvalue weighted by molar-refractivity contribution is 5.47. The van der Waals surface area contributed by atoms with Gasteiger partial charge in [-0.05, 0) is 19.9 Å². The van der Waals surface area contributed by atoms with Crippen LogP contribution >= 0.6 is 0 Å². The lowest BCUT2D eigenvalue weighted by Crippen LogP contribution is -2.33. The van der Waals surface area contributed by atoms with Gasteiger partial charge in [0, 0.05) is 13.7 Å². The van der Waals surface area contributed by atoms with Crippen molar-refractivity contribution in [3.05, 3.63) is 12.2 Å². The zero-order valence-electron chi connectivity index (χ0n) is 7.28. The summed E-state index contributed by atoms with van der Waals surface area (Å²) in [6.07, 6.45) is 4.26. The van der Waals surface area contributed by atoms with Crippen molar-refractivity contribution in [3.8, 4) is 0 Å². The second-order valence-electron chi connectivity index (χ2n) is 2.09. The Morgan fingerprint density at radius 2 is 2.27 bits per heavy atom. The summed E-state index contributed by atoms with van der Waals surface area (Å²) in [4.78, 5) is 12.0. The number of likely N-dealkylation sites (N-methyl/N-ethyl adjacent to an activating group) is 1. The molecule has 11 heavy (non-hydrogen) atoms. The van der Waals surface area contributed by atoms with Crippen molar-refractivity contribution in [3.63, 3.8) is 0 Å². The number of amides is 1. The van der Waals surface area contributed by atoms with Gasteiger partial charge in [-0.15, -0.1) is 0 Å². The summed E-state index contributed by atoms with van der Waals surface area (Å²) in [5, 5.41) is 0. The normalized spacial score (nSPS) is 13.4. The van der Waals surface area contributed by atoms with E-state index < -0.39 is 0 Å². The summed E-state index contributed by atoms with van der Waals surface area (Å²) in [6.45, 7) is 4.46. The highest BCUT2D eigenvalue weighted by Gasteiger charge is 2.08. The number of nitrogens with zero attached hydrogens (tertiary/aromatic N) is 1. The molecule has 0 bridgehead atoms. The maximum absolute atomic E-state index is 10.4. The summed E-state index contributed by atoms with van der Waals surface area (Å²) in [5.74, 6) is 0. The first kappa shape index (κ1) is 10.2. The highest BCUT2D eigenvalue weighted by atomic mass is 16.5. The quantitative estimate of drug-likeness (QED) is 0.338. The summed E-state index contributed by atoms with van der Waals surface area (Å²) in [5.41, 5.74) is 0. The first-order valence-electron chi connectivity index (χ1n) is 3.66. The van der Waals surface area contributed by atoms with E-state index in [1.807, 2.05) is 26.0 Å². The van der Waals surface area contributed by atoms with Crippen molar-refractivity contribution >= 4 is 6.41 Å². The molecule has 0 radical (unpaired) electrons. The standard InChI is InChI=1S/C8H15NO2/c1-4-6-8(11-3)9(5-2)7-10/h4,6-8H,5H2,1-3H3/b6-4-. The molecule has 0 aliphatic rings. The predicted octanol–water partition coefficient (Wildman–Crippen LogP) is 1.01. The van der Waals surface area contributed by atoms with Crippen molar-refractivity contribution in [1.82, 2.24) is 4.90 Å². The largest absolute Gasteiger partial charge is 0.358 e. The van der Waals surface area contributed by atoms with E-state index in [1.165, 1.54) is 0 Å². The van der Waals surface area contributed by atoms with Crippen LogP contribution in [0, 0.1) is 0 Å². The lowest BCUT2D eigenvalue weighted by atomic mass is 10.4. The molecular formula is C8H15NO2. The molecule has 0 N–H and O–H groups in total. The molecule has 0 rings (SSSR count). The summed E-state index contributed by atoms with van der Waals surface area (Å²) in [7, 11) is 1.58. The Labute approximate surface area is 67.6 Å². The maximum atomic E-state index is 10.4. The van der Waals surface area contributed by atoms with E-state index in [0.717, 1.165) is 6.41 Å². The highest BCUT2D eigenvalue weighted by Crippen LogP contribution is 1.98. The van der Waals surface area contributed by atoms with Crippen LogP contribution in [-0.4, -0.2) is 31.2 Å². The number of hydrogen-bond acceptors (Lipinski definition) is 2. The maximum Gasteiger partial charge on any atom is 0.211 e. The molecular weight excluding hydrogens is 142 g/mol. The minimum Gasteiger partial charge on any atom is -0.358 e. The minimum absolute atomic E-state index is 0.220. The van der Waals surface area contributed by atoms with Crippen LogP contribution < -0.4 is 0 Å². The van der Waals surface area contributed by atoms with Crippen LogP contribution in [0.5, 0.6) is 0 Å². The summed E-state index contributed by atoms with van der Waals surface area (Å²) < 4.78 is 5.04. The Morgan fingerprint density at radius 1 is 1.64 bits per heavy atom. The SMILES string of the molecule is C/C=C\C(OC)N(C=O)CC. The Balaban J connectivity index is 4.08. The van der Waals surface area contributed by atoms with E-state index >= 15 is 0 Å². The zero-order valence-corrected chi connectivity index (χ0v) is 7.28. The lowest BCUT2D eigenvalue weighted by molar-refractivity contribution is -0.126. The lowest BCUT2D eigenvalue weighted by Gasteiger charge is -2.22. The molecule has 1 atom stereocenters. The van der Waals surface area contributed by atoms with Crippen molar-refractivity contribution in [2.24, 2.45) is 0 Å².